The van der Waals surface area contributed by atoms with Crippen LogP contribution in [0.3, 0.4) is 0 Å². The van der Waals surface area contributed by atoms with Gasteiger partial charge in [-0.2, -0.15) is 0 Å². The van der Waals surface area contributed by atoms with Crippen molar-refractivity contribution >= 4 is 5.91 Å². The van der Waals surface area contributed by atoms with Crippen LogP contribution in [0.4, 0.5) is 0 Å². The molecule has 6 nitrogen and oxygen atoms in total. The van der Waals surface area contributed by atoms with E-state index in [1.54, 1.807) is 0 Å². The van der Waals surface area contributed by atoms with Crippen molar-refractivity contribution in [2.45, 2.75) is 62.2 Å². The summed E-state index contributed by atoms with van der Waals surface area (Å²) >= 11 is 0. The molecular formula is C25H33N5O. The van der Waals surface area contributed by atoms with Crippen LogP contribution in [0.5, 0.6) is 0 Å². The molecule has 3 aliphatic rings. The van der Waals surface area contributed by atoms with Crippen LogP contribution in [0.1, 0.15) is 54.7 Å². The summed E-state index contributed by atoms with van der Waals surface area (Å²) in [4.78, 5) is 20.0. The summed E-state index contributed by atoms with van der Waals surface area (Å²) in [5.41, 5.74) is 10.3. The van der Waals surface area contributed by atoms with E-state index in [4.69, 9.17) is 0 Å². The fraction of sp³-hybridized carbons (Fsp3) is 0.520. The molecule has 1 aromatic heterocycles. The lowest BCUT2D eigenvalue weighted by atomic mass is 9.73. The van der Waals surface area contributed by atoms with Gasteiger partial charge < -0.3 is 10.2 Å². The Morgan fingerprint density at radius 2 is 1.97 bits per heavy atom. The lowest BCUT2D eigenvalue weighted by Crippen LogP contribution is -2.49. The first-order valence-electron chi connectivity index (χ1n) is 11.5. The van der Waals surface area contributed by atoms with E-state index in [9.17, 15) is 4.79 Å². The summed E-state index contributed by atoms with van der Waals surface area (Å²) in [6, 6.07) is 12.9. The number of hydrogen-bond acceptors (Lipinski definition) is 5. The van der Waals surface area contributed by atoms with Crippen LogP contribution in [0.15, 0.2) is 48.8 Å². The second-order valence-corrected chi connectivity index (χ2v) is 9.85. The molecule has 5 rings (SSSR count). The first-order chi connectivity index (χ1) is 15.0. The van der Waals surface area contributed by atoms with Gasteiger partial charge in [0.2, 0.25) is 5.91 Å². The fourth-order valence-corrected chi connectivity index (χ4v) is 5.48. The van der Waals surface area contributed by atoms with Crippen molar-refractivity contribution in [1.82, 2.24) is 26.1 Å². The van der Waals surface area contributed by atoms with Crippen LogP contribution < -0.4 is 16.2 Å². The Bertz CT molecular complexity index is 927. The van der Waals surface area contributed by atoms with Crippen molar-refractivity contribution in [2.24, 2.45) is 5.92 Å². The van der Waals surface area contributed by atoms with Crippen LogP contribution >= 0.6 is 0 Å². The van der Waals surface area contributed by atoms with E-state index in [1.165, 1.54) is 16.7 Å². The monoisotopic (exact) mass is 419 g/mol. The molecule has 4 atom stereocenters. The lowest BCUT2D eigenvalue weighted by Gasteiger charge is -2.33. The number of fused-ring (bicyclic) bond motifs is 1. The molecule has 1 aliphatic heterocycles. The van der Waals surface area contributed by atoms with Crippen LogP contribution in [0.25, 0.3) is 0 Å². The standard InChI is InChI=1S/C25H33N5O/c1-30(2)16-17-12-19(15-26-14-17)18-8-9-22-21(13-18)23(29-28-22)24(31)27-25(10-11-25)20-6-4-3-5-7-20/h3-7,12,14-15,18,21-23,28-29H,8-11,13,16H2,1-2H3,(H,27,31). The molecule has 3 fully saturated rings. The van der Waals surface area contributed by atoms with E-state index in [2.05, 4.69) is 70.5 Å². The van der Waals surface area contributed by atoms with E-state index in [1.807, 2.05) is 18.5 Å². The van der Waals surface area contributed by atoms with Gasteiger partial charge in [-0.15, -0.1) is 0 Å². The Morgan fingerprint density at radius 3 is 2.71 bits per heavy atom. The SMILES string of the molecule is CN(C)Cc1cncc(C2CCC3NNC(C(=O)NC4(c5ccccc5)CC4)C3C2)c1. The van der Waals surface area contributed by atoms with E-state index >= 15 is 0 Å². The maximum absolute atomic E-state index is 13.3. The Labute approximate surface area is 184 Å². The van der Waals surface area contributed by atoms with Crippen molar-refractivity contribution in [3.63, 3.8) is 0 Å². The van der Waals surface area contributed by atoms with Crippen molar-refractivity contribution in [2.75, 3.05) is 14.1 Å². The lowest BCUT2D eigenvalue weighted by molar-refractivity contribution is -0.125. The fourth-order valence-electron chi connectivity index (χ4n) is 5.48. The number of nitrogens with one attached hydrogen (secondary N) is 3. The first kappa shape index (κ1) is 20.6. The predicted molar refractivity (Wildman–Crippen MR) is 121 cm³/mol. The first-order valence-corrected chi connectivity index (χ1v) is 11.5. The number of nitrogens with zero attached hydrogens (tertiary/aromatic N) is 2. The number of hydrazine groups is 1. The maximum atomic E-state index is 13.3. The Balaban J connectivity index is 1.28. The summed E-state index contributed by atoms with van der Waals surface area (Å²) in [5, 5.41) is 3.38. The number of pyridine rings is 1. The summed E-state index contributed by atoms with van der Waals surface area (Å²) in [6.07, 6.45) is 9.23. The third kappa shape index (κ3) is 4.25. The summed E-state index contributed by atoms with van der Waals surface area (Å²) < 4.78 is 0. The topological polar surface area (TPSA) is 69.3 Å². The van der Waals surface area contributed by atoms with Gasteiger partial charge in [-0.25, -0.2) is 5.43 Å². The smallest absolute Gasteiger partial charge is 0.239 e. The summed E-state index contributed by atoms with van der Waals surface area (Å²) in [5.74, 6) is 0.876. The summed E-state index contributed by atoms with van der Waals surface area (Å²) in [6.45, 7) is 0.898. The minimum atomic E-state index is -0.188. The zero-order valence-corrected chi connectivity index (χ0v) is 18.5. The second-order valence-electron chi connectivity index (χ2n) is 9.85. The average molecular weight is 420 g/mol. The predicted octanol–water partition coefficient (Wildman–Crippen LogP) is 2.68. The molecule has 4 unspecified atom stereocenters. The number of amides is 1. The molecule has 2 heterocycles. The van der Waals surface area contributed by atoms with Crippen LogP contribution in [-0.4, -0.2) is 42.0 Å². The number of carbonyl (C=O) groups excluding carboxylic acids is 1. The molecule has 2 saturated carbocycles. The Kier molecular flexibility index (Phi) is 5.54. The summed E-state index contributed by atoms with van der Waals surface area (Å²) in [7, 11) is 4.16. The molecule has 0 radical (unpaired) electrons. The molecule has 0 bridgehead atoms. The number of hydrogen-bond donors (Lipinski definition) is 3. The van der Waals surface area contributed by atoms with E-state index in [0.717, 1.165) is 38.6 Å². The molecule has 1 amide bonds. The van der Waals surface area contributed by atoms with Gasteiger partial charge in [-0.3, -0.25) is 15.2 Å². The van der Waals surface area contributed by atoms with E-state index in [-0.39, 0.29) is 17.5 Å². The molecule has 2 aromatic rings. The van der Waals surface area contributed by atoms with Gasteiger partial charge in [-0.1, -0.05) is 36.4 Å². The van der Waals surface area contributed by atoms with Gasteiger partial charge in [0.1, 0.15) is 6.04 Å². The van der Waals surface area contributed by atoms with Gasteiger partial charge in [0.15, 0.2) is 0 Å². The normalized spacial score (nSPS) is 28.9. The van der Waals surface area contributed by atoms with Crippen LogP contribution in [0.2, 0.25) is 0 Å². The Hall–Kier alpha value is -2.28. The van der Waals surface area contributed by atoms with E-state index < -0.39 is 0 Å². The maximum Gasteiger partial charge on any atom is 0.239 e. The van der Waals surface area contributed by atoms with Crippen molar-refractivity contribution in [3.8, 4) is 0 Å². The average Bonchev–Trinajstić information content (AvgIpc) is 3.43. The van der Waals surface area contributed by atoms with Crippen LogP contribution in [0, 0.1) is 5.92 Å². The second kappa shape index (κ2) is 8.34. The minimum Gasteiger partial charge on any atom is -0.345 e. The van der Waals surface area contributed by atoms with Gasteiger partial charge in [-0.05, 0) is 68.8 Å². The van der Waals surface area contributed by atoms with Crippen molar-refractivity contribution < 1.29 is 4.79 Å². The number of aromatic nitrogens is 1. The van der Waals surface area contributed by atoms with Gasteiger partial charge >= 0.3 is 0 Å². The third-order valence-electron chi connectivity index (χ3n) is 7.26. The molecule has 1 saturated heterocycles. The number of carbonyl (C=O) groups is 1. The zero-order valence-electron chi connectivity index (χ0n) is 18.5. The molecule has 1 aromatic carbocycles. The highest BCUT2D eigenvalue weighted by molar-refractivity contribution is 5.84. The molecule has 0 spiro atoms. The van der Waals surface area contributed by atoms with Crippen molar-refractivity contribution in [1.29, 1.82) is 0 Å². The molecule has 2 aliphatic carbocycles. The highest BCUT2D eigenvalue weighted by Crippen LogP contribution is 2.46. The highest BCUT2D eigenvalue weighted by Gasteiger charge is 2.49. The molecule has 3 N–H and O–H groups in total. The molecule has 31 heavy (non-hydrogen) atoms. The molecular weight excluding hydrogens is 386 g/mol. The number of rotatable bonds is 6. The highest BCUT2D eigenvalue weighted by atomic mass is 16.2. The minimum absolute atomic E-state index is 0.126. The molecule has 164 valence electrons. The van der Waals surface area contributed by atoms with Crippen molar-refractivity contribution in [3.05, 3.63) is 65.5 Å². The largest absolute Gasteiger partial charge is 0.345 e. The van der Waals surface area contributed by atoms with E-state index in [0.29, 0.717) is 17.9 Å². The number of benzene rings is 1. The van der Waals surface area contributed by atoms with Crippen LogP contribution in [-0.2, 0) is 16.9 Å². The zero-order chi connectivity index (χ0) is 21.4. The van der Waals surface area contributed by atoms with Gasteiger partial charge in [0, 0.05) is 30.9 Å². The van der Waals surface area contributed by atoms with Gasteiger partial charge in [0.25, 0.3) is 0 Å². The third-order valence-corrected chi connectivity index (χ3v) is 7.26. The molecule has 6 heteroatoms. The van der Waals surface area contributed by atoms with Gasteiger partial charge in [0.05, 0.1) is 5.54 Å². The Morgan fingerprint density at radius 1 is 1.16 bits per heavy atom. The quantitative estimate of drug-likeness (QED) is 0.672.